The summed E-state index contributed by atoms with van der Waals surface area (Å²) in [6.45, 7) is 9.21. The summed E-state index contributed by atoms with van der Waals surface area (Å²) in [5.41, 5.74) is 4.25. The quantitative estimate of drug-likeness (QED) is 0.825. The second kappa shape index (κ2) is 8.43. The fourth-order valence-corrected chi connectivity index (χ4v) is 4.14. The highest BCUT2D eigenvalue weighted by molar-refractivity contribution is 5.93. The number of morpholine rings is 1. The molecule has 9 nitrogen and oxygen atoms in total. The first-order valence-corrected chi connectivity index (χ1v) is 10.5. The van der Waals surface area contributed by atoms with E-state index in [0.29, 0.717) is 45.1 Å². The third-order valence-electron chi connectivity index (χ3n) is 5.81. The molecule has 0 bridgehead atoms. The van der Waals surface area contributed by atoms with Gasteiger partial charge in [0, 0.05) is 26.2 Å². The molecule has 0 radical (unpaired) electrons. The van der Waals surface area contributed by atoms with E-state index in [9.17, 15) is 9.59 Å². The first kappa shape index (κ1) is 20.3. The zero-order valence-electron chi connectivity index (χ0n) is 17.7. The lowest BCUT2D eigenvalue weighted by atomic mass is 9.98. The van der Waals surface area contributed by atoms with Crippen molar-refractivity contribution in [3.63, 3.8) is 0 Å². The van der Waals surface area contributed by atoms with E-state index < -0.39 is 0 Å². The first-order chi connectivity index (χ1) is 14.5. The van der Waals surface area contributed by atoms with Gasteiger partial charge in [-0.3, -0.25) is 4.79 Å². The molecule has 0 unspecified atom stereocenters. The molecule has 3 amide bonds. The molecule has 0 aliphatic carbocycles. The number of aromatic nitrogens is 3. The van der Waals surface area contributed by atoms with Crippen LogP contribution in [-0.4, -0.2) is 75.6 Å². The summed E-state index contributed by atoms with van der Waals surface area (Å²) in [5.74, 6) is -0.109. The minimum atomic E-state index is -0.109. The van der Waals surface area contributed by atoms with Crippen molar-refractivity contribution in [1.29, 1.82) is 0 Å². The zero-order valence-corrected chi connectivity index (χ0v) is 17.7. The van der Waals surface area contributed by atoms with Gasteiger partial charge in [0.2, 0.25) is 0 Å². The molecule has 30 heavy (non-hydrogen) atoms. The Kier molecular flexibility index (Phi) is 5.72. The Balaban J connectivity index is 1.61. The molecule has 2 aliphatic heterocycles. The number of carbonyl (C=O) groups is 2. The van der Waals surface area contributed by atoms with E-state index in [1.165, 1.54) is 0 Å². The molecule has 0 spiro atoms. The number of amides is 3. The van der Waals surface area contributed by atoms with Crippen LogP contribution in [0.5, 0.6) is 0 Å². The van der Waals surface area contributed by atoms with Crippen molar-refractivity contribution in [1.82, 2.24) is 30.1 Å². The maximum Gasteiger partial charge on any atom is 0.317 e. The van der Waals surface area contributed by atoms with Crippen LogP contribution < -0.4 is 5.32 Å². The molecule has 1 saturated heterocycles. The Labute approximate surface area is 176 Å². The van der Waals surface area contributed by atoms with Crippen molar-refractivity contribution < 1.29 is 14.3 Å². The highest BCUT2D eigenvalue weighted by Gasteiger charge is 2.30. The summed E-state index contributed by atoms with van der Waals surface area (Å²) in [4.78, 5) is 28.9. The van der Waals surface area contributed by atoms with Gasteiger partial charge in [0.1, 0.15) is 0 Å². The van der Waals surface area contributed by atoms with Gasteiger partial charge in [-0.25, -0.2) is 9.48 Å². The number of rotatable bonds is 3. The first-order valence-electron chi connectivity index (χ1n) is 10.5. The zero-order chi connectivity index (χ0) is 21.3. The van der Waals surface area contributed by atoms with Crippen LogP contribution in [0.15, 0.2) is 18.2 Å². The van der Waals surface area contributed by atoms with E-state index in [1.807, 2.05) is 43.9 Å². The number of hydrogen-bond donors (Lipinski definition) is 1. The Bertz CT molecular complexity index is 956. The maximum atomic E-state index is 13.0. The molecule has 3 heterocycles. The van der Waals surface area contributed by atoms with Crippen molar-refractivity contribution >= 4 is 11.9 Å². The van der Waals surface area contributed by atoms with Gasteiger partial charge in [0.05, 0.1) is 30.6 Å². The summed E-state index contributed by atoms with van der Waals surface area (Å²) in [7, 11) is 0. The van der Waals surface area contributed by atoms with Gasteiger partial charge in [-0.15, -0.1) is 5.10 Å². The molecule has 2 aromatic rings. The second-order valence-electron chi connectivity index (χ2n) is 7.78. The molecule has 1 atom stereocenters. The average Bonchev–Trinajstić information content (AvgIpc) is 3.14. The van der Waals surface area contributed by atoms with Crippen molar-refractivity contribution in [3.8, 4) is 5.69 Å². The smallest absolute Gasteiger partial charge is 0.317 e. The molecule has 2 aliphatic rings. The van der Waals surface area contributed by atoms with Crippen molar-refractivity contribution in [2.45, 2.75) is 39.8 Å². The van der Waals surface area contributed by atoms with Crippen LogP contribution >= 0.6 is 0 Å². The van der Waals surface area contributed by atoms with Crippen LogP contribution in [0.25, 0.3) is 5.69 Å². The molecule has 1 N–H and O–H groups in total. The highest BCUT2D eigenvalue weighted by atomic mass is 16.5. The summed E-state index contributed by atoms with van der Waals surface area (Å²) < 4.78 is 7.19. The number of urea groups is 1. The summed E-state index contributed by atoms with van der Waals surface area (Å²) >= 11 is 0. The van der Waals surface area contributed by atoms with E-state index in [4.69, 9.17) is 4.74 Å². The molecule has 4 rings (SSSR count). The van der Waals surface area contributed by atoms with Gasteiger partial charge in [-0.05, 0) is 44.4 Å². The van der Waals surface area contributed by atoms with Crippen molar-refractivity contribution in [2.75, 3.05) is 32.8 Å². The third-order valence-corrected chi connectivity index (χ3v) is 5.81. The largest absolute Gasteiger partial charge is 0.377 e. The average molecular weight is 412 g/mol. The van der Waals surface area contributed by atoms with Crippen LogP contribution in [0.2, 0.25) is 0 Å². The minimum absolute atomic E-state index is 0.0144. The van der Waals surface area contributed by atoms with Gasteiger partial charge >= 0.3 is 6.03 Å². The van der Waals surface area contributed by atoms with E-state index in [0.717, 1.165) is 28.9 Å². The molecule has 1 aromatic carbocycles. The van der Waals surface area contributed by atoms with Gasteiger partial charge in [0.25, 0.3) is 5.91 Å². The van der Waals surface area contributed by atoms with E-state index in [1.54, 1.807) is 9.58 Å². The Morgan fingerprint density at radius 1 is 1.30 bits per heavy atom. The summed E-state index contributed by atoms with van der Waals surface area (Å²) in [6, 6.07) is 5.96. The fourth-order valence-electron chi connectivity index (χ4n) is 4.14. The van der Waals surface area contributed by atoms with Gasteiger partial charge in [0.15, 0.2) is 5.69 Å². The SMILES string of the molecule is CCNC(=O)N1CCc2c(cccc2-n2nnc(C(=O)N3CCOC[C@@H]3C)c2C)C1. The molecule has 9 heteroatoms. The topological polar surface area (TPSA) is 92.6 Å². The van der Waals surface area contributed by atoms with Gasteiger partial charge in [-0.1, -0.05) is 17.3 Å². The lowest BCUT2D eigenvalue weighted by Crippen LogP contribution is -2.47. The normalized spacial score (nSPS) is 18.8. The number of nitrogens with one attached hydrogen (secondary N) is 1. The van der Waals surface area contributed by atoms with E-state index in [2.05, 4.69) is 15.6 Å². The molecule has 0 saturated carbocycles. The van der Waals surface area contributed by atoms with Crippen LogP contribution in [0, 0.1) is 6.92 Å². The number of ether oxygens (including phenoxy) is 1. The monoisotopic (exact) mass is 412 g/mol. The second-order valence-corrected chi connectivity index (χ2v) is 7.78. The summed E-state index contributed by atoms with van der Waals surface area (Å²) in [5, 5.41) is 11.4. The van der Waals surface area contributed by atoms with Gasteiger partial charge in [-0.2, -0.15) is 0 Å². The van der Waals surface area contributed by atoms with Crippen LogP contribution in [-0.2, 0) is 17.7 Å². The predicted molar refractivity (Wildman–Crippen MR) is 111 cm³/mol. The molecule has 1 aromatic heterocycles. The molecule has 1 fully saturated rings. The lowest BCUT2D eigenvalue weighted by Gasteiger charge is -2.32. The van der Waals surface area contributed by atoms with Crippen LogP contribution in [0.1, 0.15) is 41.2 Å². The predicted octanol–water partition coefficient (Wildman–Crippen LogP) is 1.52. The molecular weight excluding hydrogens is 384 g/mol. The Morgan fingerprint density at radius 3 is 2.90 bits per heavy atom. The lowest BCUT2D eigenvalue weighted by molar-refractivity contribution is 0.00322. The van der Waals surface area contributed by atoms with E-state index >= 15 is 0 Å². The van der Waals surface area contributed by atoms with E-state index in [-0.39, 0.29) is 18.0 Å². The standard InChI is InChI=1S/C21H28N6O3/c1-4-22-21(29)25-9-8-17-16(12-25)6-5-7-18(17)27-15(3)19(23-24-27)20(28)26-10-11-30-13-14(26)2/h5-7,14H,4,8-13H2,1-3H3,(H,22,29)/t14-/m0/s1. The third kappa shape index (κ3) is 3.65. The van der Waals surface area contributed by atoms with Gasteiger partial charge < -0.3 is 19.9 Å². The number of nitrogens with zero attached hydrogens (tertiary/aromatic N) is 5. The molecular formula is C21H28N6O3. The summed E-state index contributed by atoms with van der Waals surface area (Å²) in [6.07, 6.45) is 0.728. The number of carbonyl (C=O) groups excluding carboxylic acids is 2. The Hall–Kier alpha value is -2.94. The molecule has 160 valence electrons. The fraction of sp³-hybridized carbons (Fsp3) is 0.524. The van der Waals surface area contributed by atoms with Crippen molar-refractivity contribution in [3.05, 3.63) is 40.7 Å². The minimum Gasteiger partial charge on any atom is -0.377 e. The van der Waals surface area contributed by atoms with Crippen molar-refractivity contribution in [2.24, 2.45) is 0 Å². The number of hydrogen-bond acceptors (Lipinski definition) is 5. The highest BCUT2D eigenvalue weighted by Crippen LogP contribution is 2.26. The van der Waals surface area contributed by atoms with Crippen LogP contribution in [0.3, 0.4) is 0 Å². The maximum absolute atomic E-state index is 13.0. The number of benzene rings is 1. The Morgan fingerprint density at radius 2 is 2.13 bits per heavy atom. The van der Waals surface area contributed by atoms with Crippen LogP contribution in [0.4, 0.5) is 4.79 Å². The number of fused-ring (bicyclic) bond motifs is 1.